The fraction of sp³-hybridized carbons (Fsp3) is 0.900. The Balaban J connectivity index is 1.88. The van der Waals surface area contributed by atoms with Crippen LogP contribution in [-0.2, 0) is 14.3 Å². The highest BCUT2D eigenvalue weighted by molar-refractivity contribution is 5.81. The molecule has 2 aliphatic rings. The summed E-state index contributed by atoms with van der Waals surface area (Å²) in [5, 5.41) is 8.96. The van der Waals surface area contributed by atoms with Crippen LogP contribution >= 0.6 is 0 Å². The molecule has 5 nitrogen and oxygen atoms in total. The highest BCUT2D eigenvalue weighted by Crippen LogP contribution is 2.16. The summed E-state index contributed by atoms with van der Waals surface area (Å²) in [5.74, 6) is 0.0502. The molecule has 2 rings (SSSR count). The van der Waals surface area contributed by atoms with Gasteiger partial charge in [0.15, 0.2) is 0 Å². The van der Waals surface area contributed by atoms with Crippen molar-refractivity contribution >= 4 is 5.91 Å². The van der Waals surface area contributed by atoms with Gasteiger partial charge in [0.1, 0.15) is 6.10 Å². The maximum atomic E-state index is 11.9. The molecule has 15 heavy (non-hydrogen) atoms. The van der Waals surface area contributed by atoms with Gasteiger partial charge in [-0.1, -0.05) is 0 Å². The number of aliphatic hydroxyl groups is 1. The SMILES string of the molecule is O=C([C@@H]1CCCO1)N1CCOC(CO)C1. The summed E-state index contributed by atoms with van der Waals surface area (Å²) in [6.45, 7) is 2.24. The summed E-state index contributed by atoms with van der Waals surface area (Å²) in [7, 11) is 0. The number of amides is 1. The van der Waals surface area contributed by atoms with Gasteiger partial charge in [0.05, 0.1) is 19.3 Å². The minimum atomic E-state index is -0.262. The predicted octanol–water partition coefficient (Wildman–Crippen LogP) is -0.615. The number of hydrogen-bond donors (Lipinski definition) is 1. The summed E-state index contributed by atoms with van der Waals surface area (Å²) >= 11 is 0. The van der Waals surface area contributed by atoms with Gasteiger partial charge >= 0.3 is 0 Å². The van der Waals surface area contributed by atoms with E-state index in [0.29, 0.717) is 26.3 Å². The minimum absolute atomic E-state index is 0.0324. The molecule has 2 fully saturated rings. The van der Waals surface area contributed by atoms with Gasteiger partial charge in [-0.15, -0.1) is 0 Å². The Hall–Kier alpha value is -0.650. The lowest BCUT2D eigenvalue weighted by atomic mass is 10.2. The second-order valence-corrected chi connectivity index (χ2v) is 3.96. The summed E-state index contributed by atoms with van der Waals surface area (Å²) in [6, 6.07) is 0. The van der Waals surface area contributed by atoms with Crippen LogP contribution in [0.3, 0.4) is 0 Å². The summed E-state index contributed by atoms with van der Waals surface area (Å²) in [4.78, 5) is 13.7. The standard InChI is InChI=1S/C10H17NO4/c12-7-8-6-11(3-5-14-8)10(13)9-2-1-4-15-9/h8-9,12H,1-7H2/t8?,9-/m0/s1. The number of carbonyl (C=O) groups excluding carboxylic acids is 1. The average molecular weight is 215 g/mol. The third-order valence-corrected chi connectivity index (χ3v) is 2.86. The van der Waals surface area contributed by atoms with E-state index in [-0.39, 0.29) is 24.7 Å². The second kappa shape index (κ2) is 4.92. The topological polar surface area (TPSA) is 59.0 Å². The zero-order valence-corrected chi connectivity index (χ0v) is 8.72. The quantitative estimate of drug-likeness (QED) is 0.667. The Morgan fingerprint density at radius 1 is 1.40 bits per heavy atom. The van der Waals surface area contributed by atoms with E-state index in [1.54, 1.807) is 4.90 Å². The lowest BCUT2D eigenvalue weighted by Gasteiger charge is -2.33. The maximum absolute atomic E-state index is 11.9. The van der Waals surface area contributed by atoms with Crippen molar-refractivity contribution in [3.63, 3.8) is 0 Å². The van der Waals surface area contributed by atoms with Crippen LogP contribution < -0.4 is 0 Å². The lowest BCUT2D eigenvalue weighted by Crippen LogP contribution is -2.50. The molecule has 86 valence electrons. The Morgan fingerprint density at radius 3 is 2.93 bits per heavy atom. The van der Waals surface area contributed by atoms with Gasteiger partial charge in [-0.3, -0.25) is 4.79 Å². The number of rotatable bonds is 2. The van der Waals surface area contributed by atoms with E-state index in [9.17, 15) is 4.79 Å². The third kappa shape index (κ3) is 2.48. The largest absolute Gasteiger partial charge is 0.394 e. The van der Waals surface area contributed by atoms with Crippen LogP contribution in [-0.4, -0.2) is 61.0 Å². The van der Waals surface area contributed by atoms with Crippen molar-refractivity contribution in [2.24, 2.45) is 0 Å². The fourth-order valence-corrected chi connectivity index (χ4v) is 2.01. The molecular weight excluding hydrogens is 198 g/mol. The van der Waals surface area contributed by atoms with Crippen molar-refractivity contribution in [2.45, 2.75) is 25.0 Å². The summed E-state index contributed by atoms with van der Waals surface area (Å²) in [5.41, 5.74) is 0. The number of carbonyl (C=O) groups is 1. The summed E-state index contributed by atoms with van der Waals surface area (Å²) < 4.78 is 10.6. The molecule has 0 spiro atoms. The lowest BCUT2D eigenvalue weighted by molar-refractivity contribution is -0.149. The number of hydrogen-bond acceptors (Lipinski definition) is 4. The predicted molar refractivity (Wildman–Crippen MR) is 52.4 cm³/mol. The first-order chi connectivity index (χ1) is 7.31. The molecule has 0 aromatic heterocycles. The first kappa shape index (κ1) is 10.9. The molecule has 2 heterocycles. The molecular formula is C10H17NO4. The zero-order valence-electron chi connectivity index (χ0n) is 8.72. The first-order valence-electron chi connectivity index (χ1n) is 5.44. The molecule has 1 unspecified atom stereocenters. The van der Waals surface area contributed by atoms with E-state index in [2.05, 4.69) is 0 Å². The third-order valence-electron chi connectivity index (χ3n) is 2.86. The van der Waals surface area contributed by atoms with Crippen molar-refractivity contribution in [3.05, 3.63) is 0 Å². The molecule has 1 amide bonds. The molecule has 2 atom stereocenters. The van der Waals surface area contributed by atoms with E-state index in [1.807, 2.05) is 0 Å². The van der Waals surface area contributed by atoms with Gasteiger partial charge in [-0.2, -0.15) is 0 Å². The van der Waals surface area contributed by atoms with Gasteiger partial charge in [-0.25, -0.2) is 0 Å². The number of aliphatic hydroxyl groups excluding tert-OH is 1. The Bertz CT molecular complexity index is 227. The number of morpholine rings is 1. The molecule has 2 aliphatic heterocycles. The monoisotopic (exact) mass is 215 g/mol. The summed E-state index contributed by atoms with van der Waals surface area (Å²) in [6.07, 6.45) is 1.29. The van der Waals surface area contributed by atoms with E-state index in [1.165, 1.54) is 0 Å². The van der Waals surface area contributed by atoms with Gasteiger partial charge < -0.3 is 19.5 Å². The Labute approximate surface area is 89.0 Å². The number of ether oxygens (including phenoxy) is 2. The molecule has 0 aromatic rings. The smallest absolute Gasteiger partial charge is 0.251 e. The van der Waals surface area contributed by atoms with Crippen LogP contribution in [0.15, 0.2) is 0 Å². The molecule has 2 saturated heterocycles. The van der Waals surface area contributed by atoms with Crippen LogP contribution in [0, 0.1) is 0 Å². The Kier molecular flexibility index (Phi) is 3.56. The first-order valence-corrected chi connectivity index (χ1v) is 5.44. The van der Waals surface area contributed by atoms with Crippen LogP contribution in [0.4, 0.5) is 0 Å². The zero-order chi connectivity index (χ0) is 10.7. The van der Waals surface area contributed by atoms with Crippen molar-refractivity contribution in [1.82, 2.24) is 4.90 Å². The molecule has 0 aliphatic carbocycles. The van der Waals surface area contributed by atoms with Gasteiger partial charge in [0.2, 0.25) is 0 Å². The van der Waals surface area contributed by atoms with Crippen LogP contribution in [0.2, 0.25) is 0 Å². The normalized spacial score (nSPS) is 31.9. The molecule has 1 N–H and O–H groups in total. The van der Waals surface area contributed by atoms with Gasteiger partial charge in [0, 0.05) is 19.7 Å². The second-order valence-electron chi connectivity index (χ2n) is 3.96. The molecule has 0 radical (unpaired) electrons. The minimum Gasteiger partial charge on any atom is -0.394 e. The maximum Gasteiger partial charge on any atom is 0.251 e. The molecule has 0 saturated carbocycles. The average Bonchev–Trinajstić information content (AvgIpc) is 2.81. The van der Waals surface area contributed by atoms with Crippen molar-refractivity contribution < 1.29 is 19.4 Å². The highest BCUT2D eigenvalue weighted by atomic mass is 16.5. The molecule has 0 aromatic carbocycles. The van der Waals surface area contributed by atoms with E-state index in [0.717, 1.165) is 12.8 Å². The van der Waals surface area contributed by atoms with E-state index < -0.39 is 0 Å². The Morgan fingerprint density at radius 2 is 2.27 bits per heavy atom. The van der Waals surface area contributed by atoms with Gasteiger partial charge in [-0.05, 0) is 12.8 Å². The molecule has 5 heteroatoms. The highest BCUT2D eigenvalue weighted by Gasteiger charge is 2.31. The molecule has 0 bridgehead atoms. The van der Waals surface area contributed by atoms with E-state index in [4.69, 9.17) is 14.6 Å². The van der Waals surface area contributed by atoms with Crippen molar-refractivity contribution in [2.75, 3.05) is 32.9 Å². The van der Waals surface area contributed by atoms with Crippen LogP contribution in [0.5, 0.6) is 0 Å². The van der Waals surface area contributed by atoms with Gasteiger partial charge in [0.25, 0.3) is 5.91 Å². The van der Waals surface area contributed by atoms with E-state index >= 15 is 0 Å². The fourth-order valence-electron chi connectivity index (χ4n) is 2.01. The van der Waals surface area contributed by atoms with Crippen molar-refractivity contribution in [3.8, 4) is 0 Å². The van der Waals surface area contributed by atoms with Crippen molar-refractivity contribution in [1.29, 1.82) is 0 Å². The number of nitrogens with zero attached hydrogens (tertiary/aromatic N) is 1. The van der Waals surface area contributed by atoms with Crippen LogP contribution in [0.25, 0.3) is 0 Å². The van der Waals surface area contributed by atoms with Crippen LogP contribution in [0.1, 0.15) is 12.8 Å².